The SMILES string of the molecule is COC(=O)[C@H]1NCCC1=S(=O)=O. The average Bonchev–Trinajstić information content (AvgIpc) is 2.50. The highest BCUT2D eigenvalue weighted by atomic mass is 32.2. The van der Waals surface area contributed by atoms with E-state index in [9.17, 15) is 13.2 Å². The van der Waals surface area contributed by atoms with E-state index in [0.29, 0.717) is 13.0 Å². The molecular weight excluding hydrogens is 182 g/mol. The molecule has 12 heavy (non-hydrogen) atoms. The molecule has 0 aromatic rings. The molecule has 1 saturated heterocycles. The lowest BCUT2D eigenvalue weighted by molar-refractivity contribution is -0.140. The Labute approximate surface area is 71.2 Å². The van der Waals surface area contributed by atoms with Crippen LogP contribution in [0.1, 0.15) is 6.42 Å². The maximum Gasteiger partial charge on any atom is 0.328 e. The molecule has 5 nitrogen and oxygen atoms in total. The highest BCUT2D eigenvalue weighted by Crippen LogP contribution is 2.02. The Kier molecular flexibility index (Phi) is 2.83. The largest absolute Gasteiger partial charge is 0.468 e. The zero-order valence-corrected chi connectivity index (χ0v) is 7.35. The normalized spacial score (nSPS) is 22.4. The van der Waals surface area contributed by atoms with Crippen molar-refractivity contribution >= 4 is 21.1 Å². The van der Waals surface area contributed by atoms with Crippen LogP contribution in [0.4, 0.5) is 0 Å². The summed E-state index contributed by atoms with van der Waals surface area (Å²) >= 11 is 0. The molecule has 0 aromatic heterocycles. The molecule has 68 valence electrons. The van der Waals surface area contributed by atoms with Gasteiger partial charge in [-0.1, -0.05) is 0 Å². The highest BCUT2D eigenvalue weighted by Gasteiger charge is 2.30. The van der Waals surface area contributed by atoms with Crippen molar-refractivity contribution in [2.45, 2.75) is 12.5 Å². The first-order chi connectivity index (χ1) is 5.66. The fourth-order valence-corrected chi connectivity index (χ4v) is 1.75. The third-order valence-electron chi connectivity index (χ3n) is 1.69. The minimum absolute atomic E-state index is 0.182. The fourth-order valence-electron chi connectivity index (χ4n) is 1.11. The summed E-state index contributed by atoms with van der Waals surface area (Å²) in [5.41, 5.74) is 0. The van der Waals surface area contributed by atoms with Crippen molar-refractivity contribution in [3.05, 3.63) is 0 Å². The maximum atomic E-state index is 11.0. The fraction of sp³-hybridized carbons (Fsp3) is 0.667. The Morgan fingerprint density at radius 1 is 1.67 bits per heavy atom. The monoisotopic (exact) mass is 191 g/mol. The minimum atomic E-state index is -2.29. The van der Waals surface area contributed by atoms with E-state index in [1.807, 2.05) is 0 Å². The Hall–Kier alpha value is -0.880. The number of hydrogen-bond donors (Lipinski definition) is 1. The van der Waals surface area contributed by atoms with Crippen molar-refractivity contribution in [1.82, 2.24) is 5.32 Å². The van der Waals surface area contributed by atoms with Crippen molar-refractivity contribution in [2.24, 2.45) is 0 Å². The number of carbonyl (C=O) groups is 1. The van der Waals surface area contributed by atoms with E-state index in [0.717, 1.165) is 0 Å². The van der Waals surface area contributed by atoms with E-state index >= 15 is 0 Å². The number of rotatable bonds is 1. The molecule has 1 aliphatic rings. The van der Waals surface area contributed by atoms with Gasteiger partial charge in [0.1, 0.15) is 6.04 Å². The number of hydrogen-bond acceptors (Lipinski definition) is 5. The van der Waals surface area contributed by atoms with Gasteiger partial charge in [-0.2, -0.15) is 8.42 Å². The second-order valence-electron chi connectivity index (χ2n) is 2.36. The van der Waals surface area contributed by atoms with Gasteiger partial charge in [0.25, 0.3) is 0 Å². The van der Waals surface area contributed by atoms with Gasteiger partial charge in [0, 0.05) is 6.54 Å². The van der Waals surface area contributed by atoms with E-state index in [4.69, 9.17) is 0 Å². The highest BCUT2D eigenvalue weighted by molar-refractivity contribution is 7.73. The number of esters is 1. The molecule has 1 atom stereocenters. The molecule has 0 amide bonds. The molecule has 6 heteroatoms. The second kappa shape index (κ2) is 3.68. The summed E-state index contributed by atoms with van der Waals surface area (Å²) in [4.78, 5) is 11.1. The lowest BCUT2D eigenvalue weighted by atomic mass is 10.2. The van der Waals surface area contributed by atoms with Crippen molar-refractivity contribution in [3.8, 4) is 0 Å². The van der Waals surface area contributed by atoms with Gasteiger partial charge >= 0.3 is 5.97 Å². The predicted octanol–water partition coefficient (Wildman–Crippen LogP) is -1.43. The quantitative estimate of drug-likeness (QED) is 0.406. The molecule has 0 aromatic carbocycles. The first-order valence-electron chi connectivity index (χ1n) is 3.43. The van der Waals surface area contributed by atoms with Crippen LogP contribution in [0.3, 0.4) is 0 Å². The van der Waals surface area contributed by atoms with Gasteiger partial charge in [0.2, 0.25) is 10.3 Å². The molecule has 1 heterocycles. The average molecular weight is 191 g/mol. The Morgan fingerprint density at radius 2 is 2.33 bits per heavy atom. The lowest BCUT2D eigenvalue weighted by Gasteiger charge is -2.05. The molecule has 0 spiro atoms. The summed E-state index contributed by atoms with van der Waals surface area (Å²) in [6, 6.07) is -0.770. The third-order valence-corrected chi connectivity index (χ3v) is 2.56. The van der Waals surface area contributed by atoms with Crippen LogP contribution in [-0.4, -0.2) is 38.9 Å². The Morgan fingerprint density at radius 3 is 2.83 bits per heavy atom. The molecule has 1 rings (SSSR count). The van der Waals surface area contributed by atoms with Crippen molar-refractivity contribution in [2.75, 3.05) is 13.7 Å². The van der Waals surface area contributed by atoms with Gasteiger partial charge in [-0.05, 0) is 6.42 Å². The van der Waals surface area contributed by atoms with E-state index in [-0.39, 0.29) is 4.86 Å². The lowest BCUT2D eigenvalue weighted by Crippen LogP contribution is -2.37. The molecule has 1 aliphatic heterocycles. The van der Waals surface area contributed by atoms with E-state index in [1.165, 1.54) is 7.11 Å². The molecular formula is C6H9NO4S. The first-order valence-corrected chi connectivity index (χ1v) is 4.50. The summed E-state index contributed by atoms with van der Waals surface area (Å²) in [5.74, 6) is -0.549. The molecule has 0 bridgehead atoms. The Bertz CT molecular complexity index is 310. The van der Waals surface area contributed by atoms with E-state index in [1.54, 1.807) is 0 Å². The maximum absolute atomic E-state index is 11.0. The molecule has 0 aliphatic carbocycles. The minimum Gasteiger partial charge on any atom is -0.468 e. The van der Waals surface area contributed by atoms with Crippen LogP contribution in [0.25, 0.3) is 0 Å². The van der Waals surface area contributed by atoms with Crippen molar-refractivity contribution < 1.29 is 17.9 Å². The summed E-state index contributed by atoms with van der Waals surface area (Å²) in [5, 5.41) is 2.73. The van der Waals surface area contributed by atoms with Gasteiger partial charge in [-0.3, -0.25) is 5.32 Å². The van der Waals surface area contributed by atoms with Crippen LogP contribution in [0.15, 0.2) is 0 Å². The van der Waals surface area contributed by atoms with E-state index in [2.05, 4.69) is 10.1 Å². The molecule has 1 N–H and O–H groups in total. The van der Waals surface area contributed by atoms with Crippen molar-refractivity contribution in [1.29, 1.82) is 0 Å². The number of ether oxygens (including phenoxy) is 1. The third kappa shape index (κ3) is 1.64. The zero-order valence-electron chi connectivity index (χ0n) is 6.53. The summed E-state index contributed by atoms with van der Waals surface area (Å²) in [6.07, 6.45) is 0.385. The van der Waals surface area contributed by atoms with Gasteiger partial charge in [-0.25, -0.2) is 4.79 Å². The van der Waals surface area contributed by atoms with Crippen LogP contribution in [-0.2, 0) is 19.8 Å². The first kappa shape index (κ1) is 9.21. The van der Waals surface area contributed by atoms with Crippen LogP contribution in [0, 0.1) is 0 Å². The molecule has 0 unspecified atom stereocenters. The molecule has 1 fully saturated rings. The summed E-state index contributed by atoms with van der Waals surface area (Å²) < 4.78 is 25.5. The molecule has 0 saturated carbocycles. The zero-order chi connectivity index (χ0) is 9.14. The van der Waals surface area contributed by atoms with Gasteiger partial charge in [0.15, 0.2) is 0 Å². The number of carbonyl (C=O) groups excluding carboxylic acids is 1. The smallest absolute Gasteiger partial charge is 0.328 e. The number of nitrogens with one attached hydrogen (secondary N) is 1. The second-order valence-corrected chi connectivity index (χ2v) is 3.36. The van der Waals surface area contributed by atoms with Crippen LogP contribution < -0.4 is 5.32 Å². The van der Waals surface area contributed by atoms with Crippen LogP contribution >= 0.6 is 0 Å². The van der Waals surface area contributed by atoms with Gasteiger partial charge in [0.05, 0.1) is 12.0 Å². The van der Waals surface area contributed by atoms with Crippen LogP contribution in [0.2, 0.25) is 0 Å². The van der Waals surface area contributed by atoms with Crippen LogP contribution in [0.5, 0.6) is 0 Å². The molecule has 0 radical (unpaired) electrons. The standard InChI is InChI=1S/C6H9NO4S/c1-11-6(8)5-4(12(9)10)2-3-7-5/h5,7H,2-3H2,1H3/t5-/m0/s1. The Balaban J connectivity index is 2.93. The van der Waals surface area contributed by atoms with E-state index < -0.39 is 22.3 Å². The summed E-state index contributed by atoms with van der Waals surface area (Å²) in [7, 11) is -1.06. The number of methoxy groups -OCH3 is 1. The van der Waals surface area contributed by atoms with Gasteiger partial charge < -0.3 is 4.74 Å². The summed E-state index contributed by atoms with van der Waals surface area (Å²) in [6.45, 7) is 0.503. The predicted molar refractivity (Wildman–Crippen MR) is 42.4 cm³/mol. The van der Waals surface area contributed by atoms with Crippen molar-refractivity contribution in [3.63, 3.8) is 0 Å². The topological polar surface area (TPSA) is 72.5 Å². The van der Waals surface area contributed by atoms with Gasteiger partial charge in [-0.15, -0.1) is 0 Å².